The van der Waals surface area contributed by atoms with E-state index in [1.54, 1.807) is 35.2 Å². The highest BCUT2D eigenvalue weighted by atomic mass is 32.1. The standard InChI is InChI=1S/C15H15N3O2S/c1-3-18-14-11(9-16-18)10(15(19)20-4-2)8-12(17-14)13-6-5-7-21-13/h5-9H,3-4H2,1-2H3. The molecule has 0 N–H and O–H groups in total. The number of hydrogen-bond acceptors (Lipinski definition) is 5. The van der Waals surface area contributed by atoms with Gasteiger partial charge in [-0.15, -0.1) is 11.3 Å². The third kappa shape index (κ3) is 2.42. The fraction of sp³-hybridized carbons (Fsp3) is 0.267. The van der Waals surface area contributed by atoms with Crippen molar-refractivity contribution >= 4 is 28.3 Å². The zero-order valence-electron chi connectivity index (χ0n) is 11.9. The summed E-state index contributed by atoms with van der Waals surface area (Å²) in [6, 6.07) is 5.74. The fourth-order valence-corrected chi connectivity index (χ4v) is 2.89. The molecule has 0 fully saturated rings. The first-order valence-corrected chi connectivity index (χ1v) is 7.70. The van der Waals surface area contributed by atoms with Crippen LogP contribution in [0.1, 0.15) is 24.2 Å². The van der Waals surface area contributed by atoms with Gasteiger partial charge in [0.1, 0.15) is 0 Å². The summed E-state index contributed by atoms with van der Waals surface area (Å²) < 4.78 is 6.94. The summed E-state index contributed by atoms with van der Waals surface area (Å²) in [6.07, 6.45) is 1.68. The van der Waals surface area contributed by atoms with E-state index >= 15 is 0 Å². The molecule has 0 aliphatic heterocycles. The zero-order chi connectivity index (χ0) is 14.8. The van der Waals surface area contributed by atoms with Crippen molar-refractivity contribution in [3.8, 4) is 10.6 Å². The Morgan fingerprint density at radius 2 is 2.29 bits per heavy atom. The lowest BCUT2D eigenvalue weighted by Gasteiger charge is -2.06. The van der Waals surface area contributed by atoms with Crippen molar-refractivity contribution in [3.05, 3.63) is 35.3 Å². The first kappa shape index (κ1) is 13.8. The molecule has 5 nitrogen and oxygen atoms in total. The summed E-state index contributed by atoms with van der Waals surface area (Å²) in [5.41, 5.74) is 2.01. The normalized spacial score (nSPS) is 11.0. The lowest BCUT2D eigenvalue weighted by molar-refractivity contribution is 0.0528. The van der Waals surface area contributed by atoms with Crippen LogP contribution in [0.2, 0.25) is 0 Å². The number of ether oxygens (including phenoxy) is 1. The average molecular weight is 301 g/mol. The van der Waals surface area contributed by atoms with Gasteiger partial charge in [-0.2, -0.15) is 5.10 Å². The molecule has 3 aromatic rings. The van der Waals surface area contributed by atoms with E-state index in [0.717, 1.165) is 16.0 Å². The molecule has 0 amide bonds. The first-order chi connectivity index (χ1) is 10.2. The molecule has 0 saturated carbocycles. The number of pyridine rings is 1. The second kappa shape index (κ2) is 5.65. The fourth-order valence-electron chi connectivity index (χ4n) is 2.21. The van der Waals surface area contributed by atoms with Crippen LogP contribution in [-0.4, -0.2) is 27.3 Å². The SMILES string of the molecule is CCOC(=O)c1cc(-c2cccs2)nc2c1cnn2CC. The van der Waals surface area contributed by atoms with Gasteiger partial charge >= 0.3 is 5.97 Å². The molecule has 0 atom stereocenters. The van der Waals surface area contributed by atoms with Crippen LogP contribution in [0.4, 0.5) is 0 Å². The first-order valence-electron chi connectivity index (χ1n) is 6.82. The van der Waals surface area contributed by atoms with E-state index in [0.29, 0.717) is 24.4 Å². The van der Waals surface area contributed by atoms with E-state index in [1.807, 2.05) is 24.4 Å². The maximum Gasteiger partial charge on any atom is 0.339 e. The number of hydrogen-bond donors (Lipinski definition) is 0. The van der Waals surface area contributed by atoms with E-state index in [1.165, 1.54) is 0 Å². The Morgan fingerprint density at radius 3 is 2.95 bits per heavy atom. The number of aryl methyl sites for hydroxylation is 1. The maximum atomic E-state index is 12.2. The monoisotopic (exact) mass is 301 g/mol. The Bertz CT molecular complexity index is 778. The van der Waals surface area contributed by atoms with Gasteiger partial charge in [-0.3, -0.25) is 0 Å². The van der Waals surface area contributed by atoms with Crippen LogP contribution in [0.3, 0.4) is 0 Å². The van der Waals surface area contributed by atoms with Gasteiger partial charge in [-0.25, -0.2) is 14.5 Å². The number of fused-ring (bicyclic) bond motifs is 1. The topological polar surface area (TPSA) is 57.0 Å². The average Bonchev–Trinajstić information content (AvgIpc) is 3.15. The summed E-state index contributed by atoms with van der Waals surface area (Å²) in [7, 11) is 0. The Labute approximate surface area is 126 Å². The molecule has 0 aliphatic rings. The van der Waals surface area contributed by atoms with Crippen molar-refractivity contribution in [1.82, 2.24) is 14.8 Å². The van der Waals surface area contributed by atoms with Crippen molar-refractivity contribution in [2.75, 3.05) is 6.61 Å². The minimum Gasteiger partial charge on any atom is -0.462 e. The van der Waals surface area contributed by atoms with E-state index in [4.69, 9.17) is 4.74 Å². The molecular formula is C15H15N3O2S. The van der Waals surface area contributed by atoms with Gasteiger partial charge in [0.05, 0.1) is 34.3 Å². The number of esters is 1. The second-order valence-electron chi connectivity index (χ2n) is 4.45. The van der Waals surface area contributed by atoms with Crippen molar-refractivity contribution in [2.24, 2.45) is 0 Å². The number of thiophene rings is 1. The summed E-state index contributed by atoms with van der Waals surface area (Å²) in [5, 5.41) is 7.01. The van der Waals surface area contributed by atoms with Crippen LogP contribution >= 0.6 is 11.3 Å². The smallest absolute Gasteiger partial charge is 0.339 e. The molecule has 3 heterocycles. The van der Waals surface area contributed by atoms with Crippen molar-refractivity contribution in [3.63, 3.8) is 0 Å². The van der Waals surface area contributed by atoms with Crippen LogP contribution in [-0.2, 0) is 11.3 Å². The molecule has 108 valence electrons. The number of carbonyl (C=O) groups excluding carboxylic acids is 1. The predicted octanol–water partition coefficient (Wildman–Crippen LogP) is 3.36. The molecule has 0 bridgehead atoms. The van der Waals surface area contributed by atoms with Gasteiger partial charge < -0.3 is 4.74 Å². The van der Waals surface area contributed by atoms with Crippen LogP contribution in [0, 0.1) is 0 Å². The maximum absolute atomic E-state index is 12.2. The van der Waals surface area contributed by atoms with E-state index < -0.39 is 0 Å². The lowest BCUT2D eigenvalue weighted by Crippen LogP contribution is -2.07. The van der Waals surface area contributed by atoms with Gasteiger partial charge in [-0.1, -0.05) is 6.07 Å². The second-order valence-corrected chi connectivity index (χ2v) is 5.40. The zero-order valence-corrected chi connectivity index (χ0v) is 12.7. The molecule has 21 heavy (non-hydrogen) atoms. The van der Waals surface area contributed by atoms with Crippen molar-refractivity contribution in [2.45, 2.75) is 20.4 Å². The van der Waals surface area contributed by atoms with Crippen LogP contribution < -0.4 is 0 Å². The highest BCUT2D eigenvalue weighted by Gasteiger charge is 2.18. The molecule has 0 spiro atoms. The Balaban J connectivity index is 2.24. The minimum absolute atomic E-state index is 0.335. The molecule has 0 aliphatic carbocycles. The molecule has 3 rings (SSSR count). The quantitative estimate of drug-likeness (QED) is 0.693. The van der Waals surface area contributed by atoms with Gasteiger partial charge in [0, 0.05) is 6.54 Å². The molecule has 0 aromatic carbocycles. The van der Waals surface area contributed by atoms with Gasteiger partial charge in [0.15, 0.2) is 5.65 Å². The summed E-state index contributed by atoms with van der Waals surface area (Å²) >= 11 is 1.59. The molecule has 6 heteroatoms. The molecule has 0 unspecified atom stereocenters. The Morgan fingerprint density at radius 1 is 1.43 bits per heavy atom. The number of nitrogens with zero attached hydrogens (tertiary/aromatic N) is 3. The Kier molecular flexibility index (Phi) is 3.70. The van der Waals surface area contributed by atoms with E-state index in [2.05, 4.69) is 10.1 Å². The van der Waals surface area contributed by atoms with Crippen LogP contribution in [0.25, 0.3) is 21.6 Å². The molecule has 3 aromatic heterocycles. The van der Waals surface area contributed by atoms with Crippen molar-refractivity contribution in [1.29, 1.82) is 0 Å². The number of rotatable bonds is 4. The summed E-state index contributed by atoms with van der Waals surface area (Å²) in [5.74, 6) is -0.335. The van der Waals surface area contributed by atoms with E-state index in [9.17, 15) is 4.79 Å². The molecular weight excluding hydrogens is 286 g/mol. The number of aromatic nitrogens is 3. The Hall–Kier alpha value is -2.21. The number of carbonyl (C=O) groups is 1. The molecule has 0 radical (unpaired) electrons. The third-order valence-corrected chi connectivity index (χ3v) is 4.07. The largest absolute Gasteiger partial charge is 0.462 e. The van der Waals surface area contributed by atoms with Gasteiger partial charge in [0.25, 0.3) is 0 Å². The highest BCUT2D eigenvalue weighted by Crippen LogP contribution is 2.28. The van der Waals surface area contributed by atoms with Crippen LogP contribution in [0.15, 0.2) is 29.8 Å². The van der Waals surface area contributed by atoms with Gasteiger partial charge in [0.2, 0.25) is 0 Å². The van der Waals surface area contributed by atoms with Gasteiger partial charge in [-0.05, 0) is 31.4 Å². The van der Waals surface area contributed by atoms with Crippen LogP contribution in [0.5, 0.6) is 0 Å². The minimum atomic E-state index is -0.335. The highest BCUT2D eigenvalue weighted by molar-refractivity contribution is 7.13. The molecule has 0 saturated heterocycles. The predicted molar refractivity (Wildman–Crippen MR) is 82.5 cm³/mol. The lowest BCUT2D eigenvalue weighted by atomic mass is 10.1. The summed E-state index contributed by atoms with van der Waals surface area (Å²) in [6.45, 7) is 4.84. The van der Waals surface area contributed by atoms with E-state index in [-0.39, 0.29) is 5.97 Å². The van der Waals surface area contributed by atoms with Crippen molar-refractivity contribution < 1.29 is 9.53 Å². The summed E-state index contributed by atoms with van der Waals surface area (Å²) in [4.78, 5) is 17.9. The third-order valence-electron chi connectivity index (χ3n) is 3.18.